The van der Waals surface area contributed by atoms with E-state index >= 15 is 0 Å². The molecule has 1 heterocycles. The van der Waals surface area contributed by atoms with Crippen LogP contribution in [0.15, 0.2) is 65.6 Å². The number of nitrogens with one attached hydrogen (secondary N) is 1. The summed E-state index contributed by atoms with van der Waals surface area (Å²) in [6.07, 6.45) is -4.73. The number of rotatable bonds is 4. The predicted octanol–water partition coefficient (Wildman–Crippen LogP) is 4.33. The highest BCUT2D eigenvalue weighted by Gasteiger charge is 2.43. The molecular formula is C23H21F3N2O3S. The van der Waals surface area contributed by atoms with Crippen LogP contribution in [0.4, 0.5) is 13.2 Å². The Balaban J connectivity index is 1.56. The van der Waals surface area contributed by atoms with Crippen LogP contribution in [-0.4, -0.2) is 31.9 Å². The lowest BCUT2D eigenvalue weighted by molar-refractivity contribution is -0.186. The van der Waals surface area contributed by atoms with Crippen molar-refractivity contribution in [1.29, 1.82) is 0 Å². The van der Waals surface area contributed by atoms with Crippen LogP contribution in [0.5, 0.6) is 0 Å². The zero-order chi connectivity index (χ0) is 23.1. The predicted molar refractivity (Wildman–Crippen MR) is 114 cm³/mol. The van der Waals surface area contributed by atoms with Gasteiger partial charge < -0.3 is 4.90 Å². The van der Waals surface area contributed by atoms with Crippen LogP contribution in [0.25, 0.3) is 10.8 Å². The summed E-state index contributed by atoms with van der Waals surface area (Å²) >= 11 is 0. The third kappa shape index (κ3) is 4.49. The molecule has 1 amide bonds. The first-order valence-corrected chi connectivity index (χ1v) is 11.5. The minimum absolute atomic E-state index is 0.0507. The Morgan fingerprint density at radius 1 is 1.00 bits per heavy atom. The van der Waals surface area contributed by atoms with Crippen LogP contribution in [0.2, 0.25) is 0 Å². The van der Waals surface area contributed by atoms with Crippen LogP contribution < -0.4 is 4.72 Å². The number of carbonyl (C=O) groups is 1. The van der Waals surface area contributed by atoms with E-state index in [2.05, 4.69) is 4.72 Å². The quantitative estimate of drug-likeness (QED) is 0.628. The summed E-state index contributed by atoms with van der Waals surface area (Å²) in [6.45, 7) is 1.38. The lowest BCUT2D eigenvalue weighted by atomic mass is 10.00. The Kier molecular flexibility index (Phi) is 5.72. The smallest absolute Gasteiger partial charge is 0.330 e. The summed E-state index contributed by atoms with van der Waals surface area (Å²) in [5, 5.41) is 2.03. The summed E-state index contributed by atoms with van der Waals surface area (Å²) < 4.78 is 66.9. The van der Waals surface area contributed by atoms with E-state index in [4.69, 9.17) is 0 Å². The van der Waals surface area contributed by atoms with Gasteiger partial charge in [0.15, 0.2) is 0 Å². The maximum atomic E-state index is 13.0. The Morgan fingerprint density at radius 2 is 1.72 bits per heavy atom. The van der Waals surface area contributed by atoms with Crippen molar-refractivity contribution in [2.45, 2.75) is 37.0 Å². The number of sulfonamides is 1. The lowest BCUT2D eigenvalue weighted by Crippen LogP contribution is -2.43. The molecule has 0 aromatic heterocycles. The minimum Gasteiger partial charge on any atom is -0.330 e. The molecule has 9 heteroatoms. The number of nitrogens with zero attached hydrogens (tertiary/aromatic N) is 1. The molecule has 0 radical (unpaired) electrons. The molecule has 1 N–H and O–H groups in total. The zero-order valence-corrected chi connectivity index (χ0v) is 18.0. The van der Waals surface area contributed by atoms with Gasteiger partial charge in [0.05, 0.1) is 4.90 Å². The second kappa shape index (κ2) is 8.22. The molecule has 0 saturated heterocycles. The van der Waals surface area contributed by atoms with Crippen LogP contribution in [0.1, 0.15) is 29.7 Å². The van der Waals surface area contributed by atoms with Gasteiger partial charge in [-0.25, -0.2) is 13.1 Å². The zero-order valence-electron chi connectivity index (χ0n) is 17.2. The minimum atomic E-state index is -4.96. The van der Waals surface area contributed by atoms with Gasteiger partial charge in [0.1, 0.15) is 0 Å². The van der Waals surface area contributed by atoms with E-state index in [-0.39, 0.29) is 24.4 Å². The van der Waals surface area contributed by atoms with Crippen molar-refractivity contribution in [3.8, 4) is 0 Å². The summed E-state index contributed by atoms with van der Waals surface area (Å²) in [5.74, 6) is -1.92. The second-order valence-electron chi connectivity index (χ2n) is 7.85. The number of fused-ring (bicyclic) bond motifs is 2. The maximum absolute atomic E-state index is 13.0. The third-order valence-corrected chi connectivity index (χ3v) is 7.17. The van der Waals surface area contributed by atoms with Crippen molar-refractivity contribution in [3.63, 3.8) is 0 Å². The summed E-state index contributed by atoms with van der Waals surface area (Å²) in [4.78, 5) is 12.2. The standard InChI is InChI=1S/C23H21F3N2O3S/c1-15(18-7-6-16-4-2-3-5-19(16)12-18)27-32(30,31)21-9-8-17-10-11-28(14-20(17)13-21)22(29)23(24,25)26/h2-9,12-13,15,27H,10-11,14H2,1H3. The number of halogens is 3. The van der Waals surface area contributed by atoms with Gasteiger partial charge in [-0.2, -0.15) is 13.2 Å². The maximum Gasteiger partial charge on any atom is 0.471 e. The van der Waals surface area contributed by atoms with Crippen molar-refractivity contribution in [2.75, 3.05) is 6.54 Å². The molecule has 0 spiro atoms. The van der Waals surface area contributed by atoms with Crippen molar-refractivity contribution < 1.29 is 26.4 Å². The van der Waals surface area contributed by atoms with Gasteiger partial charge in [-0.1, -0.05) is 42.5 Å². The van der Waals surface area contributed by atoms with Gasteiger partial charge in [0.2, 0.25) is 10.0 Å². The van der Waals surface area contributed by atoms with Crippen molar-refractivity contribution in [3.05, 3.63) is 77.4 Å². The van der Waals surface area contributed by atoms with Crippen LogP contribution in [0.3, 0.4) is 0 Å². The molecule has 1 unspecified atom stereocenters. The number of alkyl halides is 3. The van der Waals surface area contributed by atoms with E-state index in [1.165, 1.54) is 12.1 Å². The number of hydrogen-bond donors (Lipinski definition) is 1. The molecule has 3 aromatic carbocycles. The Bertz CT molecular complexity index is 1290. The normalized spacial score (nSPS) is 15.4. The number of hydrogen-bond acceptors (Lipinski definition) is 3. The molecule has 0 bridgehead atoms. The molecule has 1 aliphatic rings. The molecule has 3 aromatic rings. The van der Waals surface area contributed by atoms with E-state index in [1.807, 2.05) is 42.5 Å². The fourth-order valence-corrected chi connectivity index (χ4v) is 5.18. The van der Waals surface area contributed by atoms with Crippen molar-refractivity contribution in [2.24, 2.45) is 0 Å². The second-order valence-corrected chi connectivity index (χ2v) is 9.57. The molecule has 32 heavy (non-hydrogen) atoms. The van der Waals surface area contributed by atoms with E-state index in [1.54, 1.807) is 13.0 Å². The lowest BCUT2D eigenvalue weighted by Gasteiger charge is -2.29. The fourth-order valence-electron chi connectivity index (χ4n) is 3.90. The van der Waals surface area contributed by atoms with E-state index in [0.717, 1.165) is 21.9 Å². The molecule has 1 aliphatic heterocycles. The van der Waals surface area contributed by atoms with Gasteiger partial charge in [-0.15, -0.1) is 0 Å². The van der Waals surface area contributed by atoms with Crippen LogP contribution in [0, 0.1) is 0 Å². The monoisotopic (exact) mass is 462 g/mol. The molecule has 5 nitrogen and oxygen atoms in total. The number of amides is 1. The van der Waals surface area contributed by atoms with Crippen molar-refractivity contribution >= 4 is 26.7 Å². The van der Waals surface area contributed by atoms with Gasteiger partial charge in [0, 0.05) is 19.1 Å². The summed E-state index contributed by atoms with van der Waals surface area (Å²) in [5.41, 5.74) is 1.92. The first-order valence-electron chi connectivity index (χ1n) is 10.0. The first kappa shape index (κ1) is 22.3. The molecule has 0 aliphatic carbocycles. The fraction of sp³-hybridized carbons (Fsp3) is 0.261. The van der Waals surface area contributed by atoms with Crippen LogP contribution in [-0.2, 0) is 27.8 Å². The van der Waals surface area contributed by atoms with Gasteiger partial charge in [-0.3, -0.25) is 4.79 Å². The number of carbonyl (C=O) groups excluding carboxylic acids is 1. The molecular weight excluding hydrogens is 441 g/mol. The average molecular weight is 462 g/mol. The SMILES string of the molecule is CC(NS(=O)(=O)c1ccc2c(c1)CN(C(=O)C(F)(F)F)CC2)c1ccc2ccccc2c1. The number of benzene rings is 3. The van der Waals surface area contributed by atoms with Gasteiger partial charge >= 0.3 is 12.1 Å². The summed E-state index contributed by atoms with van der Waals surface area (Å²) in [7, 11) is -3.94. The summed E-state index contributed by atoms with van der Waals surface area (Å²) in [6, 6.07) is 17.3. The van der Waals surface area contributed by atoms with Crippen molar-refractivity contribution in [1.82, 2.24) is 9.62 Å². The van der Waals surface area contributed by atoms with E-state index in [9.17, 15) is 26.4 Å². The molecule has 4 rings (SSSR count). The topological polar surface area (TPSA) is 66.5 Å². The van der Waals surface area contributed by atoms with Gasteiger partial charge in [0.25, 0.3) is 0 Å². The Labute approximate surface area is 183 Å². The van der Waals surface area contributed by atoms with E-state index in [0.29, 0.717) is 10.5 Å². The highest BCUT2D eigenvalue weighted by atomic mass is 32.2. The Hall–Kier alpha value is -2.91. The Morgan fingerprint density at radius 3 is 2.44 bits per heavy atom. The largest absolute Gasteiger partial charge is 0.471 e. The third-order valence-electron chi connectivity index (χ3n) is 5.64. The molecule has 0 saturated carbocycles. The first-order chi connectivity index (χ1) is 15.0. The highest BCUT2D eigenvalue weighted by Crippen LogP contribution is 2.27. The molecule has 1 atom stereocenters. The molecule has 0 fully saturated rings. The van der Waals surface area contributed by atoms with E-state index < -0.39 is 28.1 Å². The van der Waals surface area contributed by atoms with Gasteiger partial charge in [-0.05, 0) is 59.0 Å². The average Bonchev–Trinajstić information content (AvgIpc) is 2.76. The van der Waals surface area contributed by atoms with Crippen LogP contribution >= 0.6 is 0 Å². The molecule has 168 valence electrons. The highest BCUT2D eigenvalue weighted by molar-refractivity contribution is 7.89.